The zero-order chi connectivity index (χ0) is 10.0. The van der Waals surface area contributed by atoms with Crippen molar-refractivity contribution in [3.63, 3.8) is 0 Å². The van der Waals surface area contributed by atoms with Crippen molar-refractivity contribution >= 4 is 5.71 Å². The first kappa shape index (κ1) is 8.79. The second-order valence-corrected chi connectivity index (χ2v) is 2.76. The molecule has 1 aliphatic rings. The number of nitrogens with one attached hydrogen (secondary N) is 1. The van der Waals surface area contributed by atoms with E-state index in [9.17, 15) is 10.2 Å². The molecule has 3 N–H and O–H groups in total. The summed E-state index contributed by atoms with van der Waals surface area (Å²) in [5.41, 5.74) is 2.81. The van der Waals surface area contributed by atoms with Crippen molar-refractivity contribution < 1.29 is 10.2 Å². The molecule has 2 rings (SSSR count). The van der Waals surface area contributed by atoms with Gasteiger partial charge in [0, 0.05) is 5.56 Å². The molecule has 0 aliphatic carbocycles. The molecular weight excluding hydrogens is 184 g/mol. The fourth-order valence-electron chi connectivity index (χ4n) is 1.14. The predicted molar refractivity (Wildman–Crippen MR) is 48.1 cm³/mol. The maximum atomic E-state index is 9.41. The Kier molecular flexibility index (Phi) is 1.99. The van der Waals surface area contributed by atoms with E-state index in [1.807, 2.05) is 6.07 Å². The largest absolute Gasteiger partial charge is 0.341 e. The highest BCUT2D eigenvalue weighted by atomic mass is 16.5. The SMILES string of the molecule is OC1(O)N=NNN=C1c1ccccc1. The summed E-state index contributed by atoms with van der Waals surface area (Å²) in [6.45, 7) is 0. The van der Waals surface area contributed by atoms with Gasteiger partial charge in [0.05, 0.1) is 0 Å². The Labute approximate surface area is 79.6 Å². The van der Waals surface area contributed by atoms with Crippen LogP contribution in [0.1, 0.15) is 5.56 Å². The zero-order valence-corrected chi connectivity index (χ0v) is 7.12. The lowest BCUT2D eigenvalue weighted by Gasteiger charge is -2.19. The molecule has 6 nitrogen and oxygen atoms in total. The van der Waals surface area contributed by atoms with Gasteiger partial charge in [0.15, 0.2) is 5.71 Å². The van der Waals surface area contributed by atoms with Gasteiger partial charge in [-0.05, 0) is 0 Å². The third-order valence-electron chi connectivity index (χ3n) is 1.76. The number of rotatable bonds is 1. The van der Waals surface area contributed by atoms with Crippen LogP contribution in [0.3, 0.4) is 0 Å². The lowest BCUT2D eigenvalue weighted by Crippen LogP contribution is -2.40. The fraction of sp³-hybridized carbons (Fsp3) is 0.125. The molecule has 14 heavy (non-hydrogen) atoms. The van der Waals surface area contributed by atoms with Crippen LogP contribution in [0.15, 0.2) is 45.8 Å². The van der Waals surface area contributed by atoms with Crippen LogP contribution < -0.4 is 5.53 Å². The van der Waals surface area contributed by atoms with E-state index in [4.69, 9.17) is 0 Å². The van der Waals surface area contributed by atoms with Crippen LogP contribution in [-0.2, 0) is 0 Å². The summed E-state index contributed by atoms with van der Waals surface area (Å²) in [7, 11) is 0. The molecule has 72 valence electrons. The minimum atomic E-state index is -2.35. The van der Waals surface area contributed by atoms with Crippen molar-refractivity contribution in [2.24, 2.45) is 15.4 Å². The molecule has 6 heteroatoms. The molecule has 0 saturated heterocycles. The van der Waals surface area contributed by atoms with Gasteiger partial charge in [-0.3, -0.25) is 0 Å². The van der Waals surface area contributed by atoms with Gasteiger partial charge >= 0.3 is 5.91 Å². The van der Waals surface area contributed by atoms with Gasteiger partial charge < -0.3 is 10.2 Å². The quantitative estimate of drug-likeness (QED) is 0.547. The van der Waals surface area contributed by atoms with Crippen LogP contribution >= 0.6 is 0 Å². The van der Waals surface area contributed by atoms with Crippen molar-refractivity contribution in [1.29, 1.82) is 0 Å². The highest BCUT2D eigenvalue weighted by Crippen LogP contribution is 2.15. The van der Waals surface area contributed by atoms with Gasteiger partial charge in [0.1, 0.15) is 0 Å². The maximum Gasteiger partial charge on any atom is 0.332 e. The first-order valence-electron chi connectivity index (χ1n) is 3.95. The number of benzene rings is 1. The predicted octanol–water partition coefficient (Wildman–Crippen LogP) is -0.000500. The number of hydrogen-bond acceptors (Lipinski definition) is 6. The van der Waals surface area contributed by atoms with E-state index < -0.39 is 5.91 Å². The van der Waals surface area contributed by atoms with Crippen molar-refractivity contribution in [1.82, 2.24) is 5.53 Å². The van der Waals surface area contributed by atoms with Crippen LogP contribution in [0, 0.1) is 0 Å². The monoisotopic (exact) mass is 192 g/mol. The van der Waals surface area contributed by atoms with Gasteiger partial charge in [-0.25, -0.2) is 0 Å². The maximum absolute atomic E-state index is 9.41. The van der Waals surface area contributed by atoms with E-state index in [1.54, 1.807) is 24.3 Å². The van der Waals surface area contributed by atoms with Crippen molar-refractivity contribution in [3.8, 4) is 0 Å². The zero-order valence-electron chi connectivity index (χ0n) is 7.12. The van der Waals surface area contributed by atoms with Gasteiger partial charge in [0.25, 0.3) is 0 Å². The lowest BCUT2D eigenvalue weighted by atomic mass is 10.1. The van der Waals surface area contributed by atoms with Gasteiger partial charge in [-0.15, -0.1) is 0 Å². The summed E-state index contributed by atoms with van der Waals surface area (Å²) >= 11 is 0. The third kappa shape index (κ3) is 1.48. The van der Waals surface area contributed by atoms with E-state index in [0.717, 1.165) is 0 Å². The minimum Gasteiger partial charge on any atom is -0.341 e. The van der Waals surface area contributed by atoms with Gasteiger partial charge in [-0.2, -0.15) is 10.6 Å². The molecule has 0 unspecified atom stereocenters. The number of nitrogens with zero attached hydrogens (tertiary/aromatic N) is 3. The number of hydrazone groups is 1. The van der Waals surface area contributed by atoms with Crippen molar-refractivity contribution in [3.05, 3.63) is 35.9 Å². The molecule has 0 radical (unpaired) electrons. The van der Waals surface area contributed by atoms with E-state index in [2.05, 4.69) is 21.0 Å². The normalized spacial score (nSPS) is 18.6. The standard InChI is InChI=1S/C8H8N4O2/c13-8(14)7(9-11-12-10-8)6-4-2-1-3-5-6/h1-5,13-14H,(H,10,11). The number of hydrogen-bond donors (Lipinski definition) is 3. The highest BCUT2D eigenvalue weighted by molar-refractivity contribution is 6.05. The summed E-state index contributed by atoms with van der Waals surface area (Å²) in [5, 5.41) is 28.9. The average Bonchev–Trinajstić information content (AvgIpc) is 2.18. The van der Waals surface area contributed by atoms with Crippen LogP contribution in [0.4, 0.5) is 0 Å². The highest BCUT2D eigenvalue weighted by Gasteiger charge is 2.34. The van der Waals surface area contributed by atoms with E-state index in [1.165, 1.54) is 0 Å². The van der Waals surface area contributed by atoms with E-state index >= 15 is 0 Å². The minimum absolute atomic E-state index is 0.0214. The van der Waals surface area contributed by atoms with E-state index in [0.29, 0.717) is 5.56 Å². The molecule has 1 heterocycles. The summed E-state index contributed by atoms with van der Waals surface area (Å²) < 4.78 is 0. The average molecular weight is 192 g/mol. The van der Waals surface area contributed by atoms with Crippen LogP contribution in [0.2, 0.25) is 0 Å². The summed E-state index contributed by atoms with van der Waals surface area (Å²) in [6.07, 6.45) is 0. The second kappa shape index (κ2) is 3.17. The van der Waals surface area contributed by atoms with Gasteiger partial charge in [-0.1, -0.05) is 40.7 Å². The molecule has 0 aromatic heterocycles. The summed E-state index contributed by atoms with van der Waals surface area (Å²) in [6, 6.07) is 8.74. The third-order valence-corrected chi connectivity index (χ3v) is 1.76. The van der Waals surface area contributed by atoms with Gasteiger partial charge in [0.2, 0.25) is 0 Å². The first-order valence-corrected chi connectivity index (χ1v) is 3.95. The molecular formula is C8H8N4O2. The molecule has 0 spiro atoms. The van der Waals surface area contributed by atoms with Crippen LogP contribution in [-0.4, -0.2) is 21.8 Å². The molecule has 1 aliphatic heterocycles. The number of aliphatic hydroxyl groups is 2. The van der Waals surface area contributed by atoms with Crippen molar-refractivity contribution in [2.75, 3.05) is 0 Å². The Morgan fingerprint density at radius 3 is 2.50 bits per heavy atom. The lowest BCUT2D eigenvalue weighted by molar-refractivity contribution is -0.0996. The van der Waals surface area contributed by atoms with Crippen LogP contribution in [0.25, 0.3) is 0 Å². The Hall–Kier alpha value is -1.79. The Bertz CT molecular complexity index is 386. The topological polar surface area (TPSA) is 89.6 Å². The fourth-order valence-corrected chi connectivity index (χ4v) is 1.14. The Morgan fingerprint density at radius 1 is 1.14 bits per heavy atom. The molecule has 0 atom stereocenters. The summed E-state index contributed by atoms with van der Waals surface area (Å²) in [5.74, 6) is -2.35. The molecule has 0 saturated carbocycles. The Balaban J connectivity index is 2.40. The molecule has 0 bridgehead atoms. The molecule has 1 aromatic rings. The smallest absolute Gasteiger partial charge is 0.332 e. The van der Waals surface area contributed by atoms with Crippen molar-refractivity contribution in [2.45, 2.75) is 5.91 Å². The second-order valence-electron chi connectivity index (χ2n) is 2.76. The van der Waals surface area contributed by atoms with Crippen LogP contribution in [0.5, 0.6) is 0 Å². The first-order chi connectivity index (χ1) is 6.70. The molecule has 0 amide bonds. The Morgan fingerprint density at radius 2 is 1.86 bits per heavy atom. The molecule has 1 aromatic carbocycles. The summed E-state index contributed by atoms with van der Waals surface area (Å²) in [4.78, 5) is 0. The molecule has 0 fully saturated rings. The van der Waals surface area contributed by atoms with E-state index in [-0.39, 0.29) is 5.71 Å².